The molecule has 0 aliphatic carbocycles. The number of carbonyl (C=O) groups is 3. The van der Waals surface area contributed by atoms with E-state index in [0.29, 0.717) is 22.2 Å². The van der Waals surface area contributed by atoms with Crippen molar-refractivity contribution in [1.29, 1.82) is 0 Å². The molecule has 0 saturated carbocycles. The summed E-state index contributed by atoms with van der Waals surface area (Å²) in [5, 5.41) is 0.409. The van der Waals surface area contributed by atoms with Gasteiger partial charge in [-0.2, -0.15) is 0 Å². The van der Waals surface area contributed by atoms with Crippen LogP contribution in [0.1, 0.15) is 47.7 Å². The lowest BCUT2D eigenvalue weighted by Gasteiger charge is -2.28. The Balaban J connectivity index is 1.70. The summed E-state index contributed by atoms with van der Waals surface area (Å²) in [5.74, 6) is -2.02. The number of benzene rings is 3. The van der Waals surface area contributed by atoms with Crippen LogP contribution in [-0.4, -0.2) is 28.7 Å². The zero-order chi connectivity index (χ0) is 24.4. The zero-order valence-electron chi connectivity index (χ0n) is 18.9. The predicted molar refractivity (Wildman–Crippen MR) is 129 cm³/mol. The van der Waals surface area contributed by atoms with Crippen molar-refractivity contribution in [1.82, 2.24) is 4.90 Å². The summed E-state index contributed by atoms with van der Waals surface area (Å²) in [6.07, 6.45) is -0.199. The molecule has 5 nitrogen and oxygen atoms in total. The van der Waals surface area contributed by atoms with Gasteiger partial charge in [0.05, 0.1) is 17.7 Å². The van der Waals surface area contributed by atoms with Crippen LogP contribution in [-0.2, 0) is 16.1 Å². The van der Waals surface area contributed by atoms with E-state index in [1.165, 1.54) is 23.1 Å². The fourth-order valence-electron chi connectivity index (χ4n) is 4.06. The average molecular weight is 479 g/mol. The van der Waals surface area contributed by atoms with E-state index >= 15 is 0 Å². The lowest BCUT2D eigenvalue weighted by molar-refractivity contribution is -0.122. The third kappa shape index (κ3) is 4.59. The Kier molecular flexibility index (Phi) is 6.80. The molecule has 1 aliphatic rings. The lowest BCUT2D eigenvalue weighted by Crippen LogP contribution is -2.45. The second kappa shape index (κ2) is 9.77. The summed E-state index contributed by atoms with van der Waals surface area (Å²) < 4.78 is 14.5. The molecule has 1 saturated heterocycles. The Morgan fingerprint density at radius 1 is 1.03 bits per heavy atom. The van der Waals surface area contributed by atoms with Crippen LogP contribution in [0.3, 0.4) is 0 Å². The van der Waals surface area contributed by atoms with Crippen LogP contribution in [0.15, 0.2) is 72.8 Å². The van der Waals surface area contributed by atoms with Gasteiger partial charge in [-0.1, -0.05) is 67.9 Å². The van der Waals surface area contributed by atoms with Gasteiger partial charge in [0.2, 0.25) is 5.91 Å². The van der Waals surface area contributed by atoms with Crippen molar-refractivity contribution in [3.63, 3.8) is 0 Å². The molecule has 1 heterocycles. The Labute approximate surface area is 202 Å². The first-order valence-electron chi connectivity index (χ1n) is 11.0. The van der Waals surface area contributed by atoms with E-state index < -0.39 is 29.6 Å². The molecule has 0 spiro atoms. The van der Waals surface area contributed by atoms with Crippen LogP contribution in [0.4, 0.5) is 10.1 Å². The smallest absolute Gasteiger partial charge is 0.257 e. The first kappa shape index (κ1) is 23.6. The summed E-state index contributed by atoms with van der Waals surface area (Å²) in [7, 11) is 0. The minimum absolute atomic E-state index is 0.0450. The number of hydrogen-bond donors (Lipinski definition) is 0. The van der Waals surface area contributed by atoms with E-state index in [1.807, 2.05) is 12.1 Å². The first-order valence-corrected chi connectivity index (χ1v) is 11.4. The van der Waals surface area contributed by atoms with Crippen molar-refractivity contribution in [2.45, 2.75) is 38.8 Å². The summed E-state index contributed by atoms with van der Waals surface area (Å²) in [6.45, 7) is 4.06. The van der Waals surface area contributed by atoms with Crippen molar-refractivity contribution in [2.75, 3.05) is 4.90 Å². The molecule has 3 aromatic rings. The summed E-state index contributed by atoms with van der Waals surface area (Å²) in [5.41, 5.74) is 1.94. The van der Waals surface area contributed by atoms with Crippen LogP contribution >= 0.6 is 11.6 Å². The van der Waals surface area contributed by atoms with Gasteiger partial charge in [-0.15, -0.1) is 0 Å². The monoisotopic (exact) mass is 478 g/mol. The maximum Gasteiger partial charge on any atom is 0.257 e. The molecule has 3 amide bonds. The molecular formula is C27H24ClFN2O3. The third-order valence-electron chi connectivity index (χ3n) is 5.98. The van der Waals surface area contributed by atoms with Gasteiger partial charge in [-0.05, 0) is 47.4 Å². The molecule has 7 heteroatoms. The van der Waals surface area contributed by atoms with E-state index in [1.54, 1.807) is 42.5 Å². The van der Waals surface area contributed by atoms with E-state index in [0.717, 1.165) is 10.5 Å². The molecule has 34 heavy (non-hydrogen) atoms. The topological polar surface area (TPSA) is 57.7 Å². The predicted octanol–water partition coefficient (Wildman–Crippen LogP) is 5.58. The zero-order valence-corrected chi connectivity index (χ0v) is 19.6. The van der Waals surface area contributed by atoms with E-state index in [9.17, 15) is 18.8 Å². The van der Waals surface area contributed by atoms with E-state index in [2.05, 4.69) is 13.8 Å². The minimum Gasteiger partial charge on any atom is -0.322 e. The number of carbonyl (C=O) groups excluding carboxylic acids is 3. The van der Waals surface area contributed by atoms with Crippen molar-refractivity contribution >= 4 is 35.0 Å². The van der Waals surface area contributed by atoms with Crippen molar-refractivity contribution in [3.05, 3.63) is 100 Å². The Bertz CT molecular complexity index is 1240. The quantitative estimate of drug-likeness (QED) is 0.435. The van der Waals surface area contributed by atoms with Gasteiger partial charge >= 0.3 is 0 Å². The first-order chi connectivity index (χ1) is 16.3. The van der Waals surface area contributed by atoms with Crippen molar-refractivity contribution in [3.8, 4) is 0 Å². The highest BCUT2D eigenvalue weighted by atomic mass is 35.5. The highest BCUT2D eigenvalue weighted by molar-refractivity contribution is 6.31. The van der Waals surface area contributed by atoms with Gasteiger partial charge in [-0.25, -0.2) is 9.29 Å². The fourth-order valence-corrected chi connectivity index (χ4v) is 4.26. The van der Waals surface area contributed by atoms with Crippen molar-refractivity contribution < 1.29 is 18.8 Å². The maximum atomic E-state index is 14.5. The van der Waals surface area contributed by atoms with Crippen LogP contribution < -0.4 is 4.90 Å². The van der Waals surface area contributed by atoms with Crippen LogP contribution in [0.5, 0.6) is 0 Å². The molecule has 1 fully saturated rings. The fraction of sp³-hybridized carbons (Fsp3) is 0.222. The van der Waals surface area contributed by atoms with E-state index in [4.69, 9.17) is 11.6 Å². The normalized spacial score (nSPS) is 15.8. The van der Waals surface area contributed by atoms with Crippen LogP contribution in [0.25, 0.3) is 0 Å². The molecule has 1 atom stereocenters. The second-order valence-corrected chi connectivity index (χ2v) is 8.95. The molecule has 4 rings (SSSR count). The number of hydrogen-bond acceptors (Lipinski definition) is 3. The standard InChI is InChI=1S/C27H24ClFN2O3/c1-17(2)18-11-13-20(14-12-18)31-25(32)15-24(27(31)34)30(16-19-7-3-5-9-22(19)28)26(33)21-8-4-6-10-23(21)29/h3-14,17,24H,15-16H2,1-2H3. The molecule has 3 aromatic carbocycles. The number of nitrogens with zero attached hydrogens (tertiary/aromatic N) is 2. The molecular weight excluding hydrogens is 455 g/mol. The molecule has 174 valence electrons. The molecule has 0 radical (unpaired) electrons. The third-order valence-corrected chi connectivity index (χ3v) is 6.35. The molecule has 1 unspecified atom stereocenters. The highest BCUT2D eigenvalue weighted by Gasteiger charge is 2.45. The van der Waals surface area contributed by atoms with Gasteiger partial charge in [-0.3, -0.25) is 14.4 Å². The van der Waals surface area contributed by atoms with Gasteiger partial charge in [0.15, 0.2) is 0 Å². The number of imide groups is 1. The van der Waals surface area contributed by atoms with Crippen LogP contribution in [0, 0.1) is 5.82 Å². The Morgan fingerprint density at radius 2 is 1.68 bits per heavy atom. The number of rotatable bonds is 6. The summed E-state index contributed by atoms with van der Waals surface area (Å²) in [4.78, 5) is 42.2. The van der Waals surface area contributed by atoms with Gasteiger partial charge in [0, 0.05) is 11.6 Å². The average Bonchev–Trinajstić information content (AvgIpc) is 3.12. The highest BCUT2D eigenvalue weighted by Crippen LogP contribution is 2.30. The summed E-state index contributed by atoms with van der Waals surface area (Å²) >= 11 is 6.31. The Hall–Kier alpha value is -3.51. The van der Waals surface area contributed by atoms with Crippen molar-refractivity contribution in [2.24, 2.45) is 0 Å². The van der Waals surface area contributed by atoms with E-state index in [-0.39, 0.29) is 18.5 Å². The molecule has 0 aromatic heterocycles. The Morgan fingerprint density at radius 3 is 2.32 bits per heavy atom. The number of amides is 3. The van der Waals surface area contributed by atoms with Gasteiger partial charge in [0.1, 0.15) is 11.9 Å². The largest absolute Gasteiger partial charge is 0.322 e. The summed E-state index contributed by atoms with van der Waals surface area (Å²) in [6, 6.07) is 18.6. The van der Waals surface area contributed by atoms with Gasteiger partial charge < -0.3 is 4.90 Å². The minimum atomic E-state index is -1.08. The molecule has 1 aliphatic heterocycles. The number of anilines is 1. The lowest BCUT2D eigenvalue weighted by atomic mass is 10.0. The SMILES string of the molecule is CC(C)c1ccc(N2C(=O)CC(N(Cc3ccccc3Cl)C(=O)c3ccccc3F)C2=O)cc1. The van der Waals surface area contributed by atoms with Crippen LogP contribution in [0.2, 0.25) is 5.02 Å². The maximum absolute atomic E-state index is 14.5. The number of halogens is 2. The molecule has 0 bridgehead atoms. The second-order valence-electron chi connectivity index (χ2n) is 8.54. The molecule has 0 N–H and O–H groups in total. The van der Waals surface area contributed by atoms with Gasteiger partial charge in [0.25, 0.3) is 11.8 Å².